The number of carbonyl (C=O) groups is 2. The maximum atomic E-state index is 13.4. The molecule has 2 aliphatic rings. The number of anilines is 2. The van der Waals surface area contributed by atoms with E-state index in [9.17, 15) is 9.59 Å². The Morgan fingerprint density at radius 3 is 2.68 bits per heavy atom. The van der Waals surface area contributed by atoms with E-state index in [1.54, 1.807) is 33.8 Å². The van der Waals surface area contributed by atoms with E-state index >= 15 is 0 Å². The molecular weight excluding hydrogens is 428 g/mol. The van der Waals surface area contributed by atoms with E-state index in [0.29, 0.717) is 24.3 Å². The molecular formula is C26H26N6O2. The number of benzene rings is 2. The molecule has 2 amide bonds. The van der Waals surface area contributed by atoms with Gasteiger partial charge in [0, 0.05) is 30.0 Å². The van der Waals surface area contributed by atoms with Crippen molar-refractivity contribution in [3.05, 3.63) is 77.1 Å². The molecule has 1 aliphatic heterocycles. The Morgan fingerprint density at radius 1 is 1.18 bits per heavy atom. The fourth-order valence-corrected chi connectivity index (χ4v) is 4.48. The second-order valence-electron chi connectivity index (χ2n) is 9.17. The SMILES string of the molecule is CC1(NCc2ccc(N3CCn4ncc(C(=O)Nc5cccc(C#N)c5)c4C3=O)cc2)CCC1. The van der Waals surface area contributed by atoms with Crippen molar-refractivity contribution in [3.8, 4) is 6.07 Å². The molecule has 34 heavy (non-hydrogen) atoms. The van der Waals surface area contributed by atoms with Crippen molar-refractivity contribution in [3.63, 3.8) is 0 Å². The smallest absolute Gasteiger partial charge is 0.277 e. The van der Waals surface area contributed by atoms with Gasteiger partial charge in [-0.15, -0.1) is 0 Å². The van der Waals surface area contributed by atoms with Crippen LogP contribution in [0.3, 0.4) is 0 Å². The first kappa shape index (κ1) is 21.9. The molecule has 0 atom stereocenters. The number of carbonyl (C=O) groups excluding carboxylic acids is 2. The Balaban J connectivity index is 1.31. The Hall–Kier alpha value is -3.96. The molecule has 1 saturated carbocycles. The Labute approximate surface area is 198 Å². The van der Waals surface area contributed by atoms with Gasteiger partial charge in [0.2, 0.25) is 0 Å². The number of aromatic nitrogens is 2. The summed E-state index contributed by atoms with van der Waals surface area (Å²) >= 11 is 0. The predicted octanol–water partition coefficient (Wildman–Crippen LogP) is 3.70. The Bertz CT molecular complexity index is 1280. The van der Waals surface area contributed by atoms with E-state index in [4.69, 9.17) is 5.26 Å². The van der Waals surface area contributed by atoms with Crippen molar-refractivity contribution in [1.29, 1.82) is 5.26 Å². The van der Waals surface area contributed by atoms with Crippen molar-refractivity contribution in [2.24, 2.45) is 0 Å². The van der Waals surface area contributed by atoms with Crippen LogP contribution in [0.15, 0.2) is 54.7 Å². The lowest BCUT2D eigenvalue weighted by Crippen LogP contribution is -2.47. The van der Waals surface area contributed by atoms with Crippen LogP contribution in [0.25, 0.3) is 0 Å². The number of rotatable bonds is 6. The summed E-state index contributed by atoms with van der Waals surface area (Å²) in [5.41, 5.74) is 3.62. The van der Waals surface area contributed by atoms with Crippen LogP contribution in [-0.2, 0) is 13.1 Å². The normalized spacial score (nSPS) is 16.4. The van der Waals surface area contributed by atoms with Gasteiger partial charge in [-0.1, -0.05) is 18.2 Å². The molecule has 3 aromatic rings. The number of nitrogens with one attached hydrogen (secondary N) is 2. The summed E-state index contributed by atoms with van der Waals surface area (Å²) in [6.07, 6.45) is 5.12. The third-order valence-corrected chi connectivity index (χ3v) is 6.74. The Morgan fingerprint density at radius 2 is 1.97 bits per heavy atom. The fourth-order valence-electron chi connectivity index (χ4n) is 4.48. The van der Waals surface area contributed by atoms with E-state index in [2.05, 4.69) is 22.7 Å². The van der Waals surface area contributed by atoms with Gasteiger partial charge in [0.1, 0.15) is 5.69 Å². The third-order valence-electron chi connectivity index (χ3n) is 6.74. The van der Waals surface area contributed by atoms with Crippen LogP contribution >= 0.6 is 0 Å². The highest BCUT2D eigenvalue weighted by Gasteiger charge is 2.32. The quantitative estimate of drug-likeness (QED) is 0.591. The molecule has 8 heteroatoms. The molecule has 1 fully saturated rings. The second kappa shape index (κ2) is 8.76. The molecule has 0 unspecified atom stereocenters. The van der Waals surface area contributed by atoms with Crippen molar-refractivity contribution in [2.75, 3.05) is 16.8 Å². The van der Waals surface area contributed by atoms with Crippen LogP contribution in [0, 0.1) is 11.3 Å². The van der Waals surface area contributed by atoms with Gasteiger partial charge >= 0.3 is 0 Å². The highest BCUT2D eigenvalue weighted by Crippen LogP contribution is 2.31. The molecule has 0 bridgehead atoms. The molecule has 2 heterocycles. The number of hydrogen-bond acceptors (Lipinski definition) is 5. The number of hydrogen-bond donors (Lipinski definition) is 2. The van der Waals surface area contributed by atoms with Crippen molar-refractivity contribution >= 4 is 23.2 Å². The number of amides is 2. The van der Waals surface area contributed by atoms with Crippen molar-refractivity contribution in [1.82, 2.24) is 15.1 Å². The van der Waals surface area contributed by atoms with Gasteiger partial charge in [-0.05, 0) is 62.1 Å². The molecule has 8 nitrogen and oxygen atoms in total. The zero-order valence-electron chi connectivity index (χ0n) is 19.0. The summed E-state index contributed by atoms with van der Waals surface area (Å²) in [6, 6.07) is 16.7. The molecule has 1 aliphatic carbocycles. The number of nitrogens with zero attached hydrogens (tertiary/aromatic N) is 4. The molecule has 172 valence electrons. The van der Waals surface area contributed by atoms with E-state index < -0.39 is 5.91 Å². The number of fused-ring (bicyclic) bond motifs is 1. The fraction of sp³-hybridized carbons (Fsp3) is 0.308. The largest absolute Gasteiger partial charge is 0.322 e. The maximum Gasteiger partial charge on any atom is 0.277 e. The molecule has 0 saturated heterocycles. The van der Waals surface area contributed by atoms with Gasteiger partial charge in [0.15, 0.2) is 0 Å². The van der Waals surface area contributed by atoms with Crippen LogP contribution in [0.5, 0.6) is 0 Å². The monoisotopic (exact) mass is 454 g/mol. The summed E-state index contributed by atoms with van der Waals surface area (Å²) in [5, 5.41) is 19.7. The Kier molecular flexibility index (Phi) is 5.64. The summed E-state index contributed by atoms with van der Waals surface area (Å²) in [6.45, 7) is 4.04. The van der Waals surface area contributed by atoms with Crippen LogP contribution in [0.2, 0.25) is 0 Å². The summed E-state index contributed by atoms with van der Waals surface area (Å²) < 4.78 is 1.58. The van der Waals surface area contributed by atoms with Crippen LogP contribution in [-0.4, -0.2) is 33.7 Å². The van der Waals surface area contributed by atoms with Gasteiger partial charge < -0.3 is 15.5 Å². The third kappa shape index (κ3) is 4.18. The first-order chi connectivity index (χ1) is 16.5. The minimum Gasteiger partial charge on any atom is -0.322 e. The zero-order valence-corrected chi connectivity index (χ0v) is 19.0. The van der Waals surface area contributed by atoms with Gasteiger partial charge in [-0.2, -0.15) is 10.4 Å². The minimum atomic E-state index is -0.433. The van der Waals surface area contributed by atoms with Crippen LogP contribution in [0.1, 0.15) is 58.2 Å². The summed E-state index contributed by atoms with van der Waals surface area (Å²) in [4.78, 5) is 28.0. The minimum absolute atomic E-state index is 0.214. The topological polar surface area (TPSA) is 103 Å². The highest BCUT2D eigenvalue weighted by atomic mass is 16.2. The van der Waals surface area contributed by atoms with Crippen molar-refractivity contribution in [2.45, 2.75) is 44.8 Å². The predicted molar refractivity (Wildman–Crippen MR) is 129 cm³/mol. The van der Waals surface area contributed by atoms with Crippen LogP contribution in [0.4, 0.5) is 11.4 Å². The second-order valence-corrected chi connectivity index (χ2v) is 9.17. The van der Waals surface area contributed by atoms with Crippen LogP contribution < -0.4 is 15.5 Å². The average molecular weight is 455 g/mol. The molecule has 0 spiro atoms. The zero-order chi connectivity index (χ0) is 23.7. The molecule has 2 N–H and O–H groups in total. The standard InChI is InChI=1S/C26H26N6O2/c1-26(10-3-11-26)28-16-18-6-8-21(9-7-18)31-12-13-32-23(25(31)34)22(17-29-32)24(33)30-20-5-2-4-19(14-20)15-27/h2,4-9,14,17,28H,3,10-13,16H2,1H3,(H,30,33). The van der Waals surface area contributed by atoms with Gasteiger partial charge in [-0.25, -0.2) is 0 Å². The van der Waals surface area contributed by atoms with Gasteiger partial charge in [-0.3, -0.25) is 14.3 Å². The summed E-state index contributed by atoms with van der Waals surface area (Å²) in [7, 11) is 0. The lowest BCUT2D eigenvalue weighted by atomic mass is 9.78. The molecule has 2 aromatic carbocycles. The summed E-state index contributed by atoms with van der Waals surface area (Å²) in [5.74, 6) is -0.690. The average Bonchev–Trinajstić information content (AvgIpc) is 3.28. The van der Waals surface area contributed by atoms with Gasteiger partial charge in [0.05, 0.1) is 29.9 Å². The van der Waals surface area contributed by atoms with E-state index in [0.717, 1.165) is 12.2 Å². The molecule has 1 aromatic heterocycles. The van der Waals surface area contributed by atoms with E-state index in [1.807, 2.05) is 30.3 Å². The number of nitriles is 1. The van der Waals surface area contributed by atoms with E-state index in [1.165, 1.54) is 31.0 Å². The lowest BCUT2D eigenvalue weighted by Gasteiger charge is -2.39. The lowest BCUT2D eigenvalue weighted by molar-refractivity contribution is 0.0947. The first-order valence-corrected chi connectivity index (χ1v) is 11.5. The molecule has 5 rings (SSSR count). The van der Waals surface area contributed by atoms with Crippen molar-refractivity contribution < 1.29 is 9.59 Å². The molecule has 0 radical (unpaired) electrons. The van der Waals surface area contributed by atoms with Gasteiger partial charge in [0.25, 0.3) is 11.8 Å². The van der Waals surface area contributed by atoms with E-state index in [-0.39, 0.29) is 22.7 Å². The first-order valence-electron chi connectivity index (χ1n) is 11.5. The highest BCUT2D eigenvalue weighted by molar-refractivity contribution is 6.15. The maximum absolute atomic E-state index is 13.4.